The minimum atomic E-state index is -3.63. The molecule has 396 valence electrons. The van der Waals surface area contributed by atoms with Gasteiger partial charge in [-0.05, 0) is 60.5 Å². The number of amides is 2. The molecule has 6 aromatic rings. The Labute approximate surface area is 429 Å². The van der Waals surface area contributed by atoms with Crippen LogP contribution in [0.5, 0.6) is 0 Å². The van der Waals surface area contributed by atoms with Crippen LogP contribution < -0.4 is 9.80 Å². The van der Waals surface area contributed by atoms with E-state index in [0.717, 1.165) is 0 Å². The lowest BCUT2D eigenvalue weighted by Gasteiger charge is -2.39. The number of alkyl halides is 2. The molecule has 0 aliphatic carbocycles. The Bertz CT molecular complexity index is 3020. The van der Waals surface area contributed by atoms with Gasteiger partial charge in [0.1, 0.15) is 24.9 Å². The molecule has 2 aliphatic rings. The predicted octanol–water partition coefficient (Wildman–Crippen LogP) is 8.12. The Morgan fingerprint density at radius 3 is 1.55 bits per heavy atom. The molecule has 4 aromatic heterocycles. The van der Waals surface area contributed by atoms with Crippen molar-refractivity contribution in [2.24, 2.45) is 0 Å². The van der Waals surface area contributed by atoms with Crippen molar-refractivity contribution >= 4 is 70.7 Å². The molecule has 0 saturated carbocycles. The zero-order valence-electron chi connectivity index (χ0n) is 42.9. The SMILES string of the molecule is CC(C)(C)[Si](C)(C)O[C@H]1O[C@@H](n2cnc3c(N(C/C=C/CN(C(=O)c4ccccc4)c4ncnc5c4ncn5C4O[C@H](CO)[C@@H](O[Si](C)(C)C(C)(C)C)[C@H]4F)C(=O)c4ccccc4)ncnc32)[C@H](F)[C@@H]1O[PH](=O)O. The van der Waals surface area contributed by atoms with E-state index in [9.17, 15) is 24.2 Å². The highest BCUT2D eigenvalue weighted by Crippen LogP contribution is 2.46. The van der Waals surface area contributed by atoms with Gasteiger partial charge in [-0.25, -0.2) is 38.7 Å². The molecule has 25 heteroatoms. The number of fused-ring (bicyclic) bond motifs is 2. The third-order valence-corrected chi connectivity index (χ3v) is 23.7. The molecule has 0 bridgehead atoms. The van der Waals surface area contributed by atoms with E-state index in [-0.39, 0.29) is 57.1 Å². The average molecular weight is 1080 g/mol. The van der Waals surface area contributed by atoms with Crippen LogP contribution in [0.3, 0.4) is 0 Å². The minimum Gasteiger partial charge on any atom is -0.408 e. The Morgan fingerprint density at radius 1 is 0.689 bits per heavy atom. The Balaban J connectivity index is 1.11. The van der Waals surface area contributed by atoms with Crippen LogP contribution in [0.4, 0.5) is 20.4 Å². The second-order valence-corrected chi connectivity index (χ2v) is 31.5. The van der Waals surface area contributed by atoms with Crippen LogP contribution in [-0.2, 0) is 27.4 Å². The normalized spacial score (nSPS) is 23.3. The number of hydrogen-bond donors (Lipinski definition) is 2. The smallest absolute Gasteiger partial charge is 0.317 e. The highest BCUT2D eigenvalue weighted by molar-refractivity contribution is 7.32. The molecule has 9 atom stereocenters. The molecule has 2 aliphatic heterocycles. The number of aromatic nitrogens is 8. The first-order chi connectivity index (χ1) is 34.9. The Morgan fingerprint density at radius 2 is 1.12 bits per heavy atom. The summed E-state index contributed by atoms with van der Waals surface area (Å²) in [5.74, 6) is -0.769. The lowest BCUT2D eigenvalue weighted by molar-refractivity contribution is -0.127. The standard InChI is InChI=1S/C49H63F2N10O10PSi2/c1-48(2,3)73(7,8)70-37-32(25-62)67-45(33(37)50)60-28-56-35-39(52-26-54-41(35)60)58(43(63)30-19-13-11-14-20-30)23-17-18-24-59(44(64)31-21-15-12-16-22-31)40-36-42(55-27-53-40)61(29-57-36)46-34(51)38(69-72(65)66)47(68-46)71-74(9,10)49(4,5)6/h11-22,26-29,32-34,37-38,45-47,62,72H,23-25H2,1-10H3,(H,65,66)/b18-17+/t32-,33-,34-,37-,38+,45?,46-,47-/m1/s1. The molecule has 2 aromatic carbocycles. The molecular formula is C49H63F2N10O10PSi2. The number of carbonyl (C=O) groups excluding carboxylic acids is 2. The Kier molecular flexibility index (Phi) is 16.0. The summed E-state index contributed by atoms with van der Waals surface area (Å²) in [5.41, 5.74) is 1.16. The van der Waals surface area contributed by atoms with Gasteiger partial charge < -0.3 is 28.3 Å². The molecule has 0 radical (unpaired) electrons. The zero-order chi connectivity index (χ0) is 53.5. The summed E-state index contributed by atoms with van der Waals surface area (Å²) in [6.07, 6.45) is -2.98. The van der Waals surface area contributed by atoms with E-state index in [1.165, 1.54) is 44.2 Å². The van der Waals surface area contributed by atoms with Crippen LogP contribution in [0, 0.1) is 0 Å². The third kappa shape index (κ3) is 10.9. The maximum atomic E-state index is 16.6. The summed E-state index contributed by atoms with van der Waals surface area (Å²) >= 11 is 0. The van der Waals surface area contributed by atoms with Crippen LogP contribution in [0.25, 0.3) is 22.3 Å². The van der Waals surface area contributed by atoms with Crippen molar-refractivity contribution in [1.29, 1.82) is 0 Å². The van der Waals surface area contributed by atoms with Gasteiger partial charge in [0, 0.05) is 24.2 Å². The van der Waals surface area contributed by atoms with Crippen molar-refractivity contribution in [3.05, 3.63) is 109 Å². The number of aliphatic hydroxyl groups excluding tert-OH is 1. The summed E-state index contributed by atoms with van der Waals surface area (Å²) < 4.78 is 78.1. The fraction of sp³-hybridized carbons (Fsp3) is 0.469. The molecule has 2 saturated heterocycles. The number of anilines is 2. The number of ether oxygens (including phenoxy) is 2. The summed E-state index contributed by atoms with van der Waals surface area (Å²) in [6.45, 7) is 19.2. The van der Waals surface area contributed by atoms with Gasteiger partial charge in [-0.15, -0.1) is 0 Å². The van der Waals surface area contributed by atoms with E-state index in [4.69, 9.17) is 22.8 Å². The maximum Gasteiger partial charge on any atom is 0.317 e. The monoisotopic (exact) mass is 1080 g/mol. The van der Waals surface area contributed by atoms with E-state index in [0.29, 0.717) is 11.1 Å². The molecule has 2 unspecified atom stereocenters. The number of rotatable bonds is 17. The first kappa shape index (κ1) is 54.7. The van der Waals surface area contributed by atoms with Crippen molar-refractivity contribution < 1.29 is 55.8 Å². The summed E-state index contributed by atoms with van der Waals surface area (Å²) in [7, 11) is -8.78. The van der Waals surface area contributed by atoms with E-state index >= 15 is 8.78 Å². The van der Waals surface area contributed by atoms with E-state index < -0.39 is 92.7 Å². The number of halogens is 2. The third-order valence-electron chi connectivity index (χ3n) is 14.3. The van der Waals surface area contributed by atoms with E-state index in [1.807, 2.05) is 67.7 Å². The highest BCUT2D eigenvalue weighted by Gasteiger charge is 2.54. The fourth-order valence-electron chi connectivity index (χ4n) is 8.15. The van der Waals surface area contributed by atoms with E-state index in [1.54, 1.807) is 72.8 Å². The molecular weight excluding hydrogens is 1010 g/mol. The first-order valence-electron chi connectivity index (χ1n) is 24.1. The fourth-order valence-corrected chi connectivity index (χ4v) is 11.1. The molecule has 8 rings (SSSR count). The zero-order valence-corrected chi connectivity index (χ0v) is 45.9. The van der Waals surface area contributed by atoms with Crippen molar-refractivity contribution in [3.8, 4) is 0 Å². The number of aliphatic hydroxyl groups is 1. The molecule has 0 spiro atoms. The second kappa shape index (κ2) is 21.6. The summed E-state index contributed by atoms with van der Waals surface area (Å²) in [4.78, 5) is 68.5. The molecule has 74 heavy (non-hydrogen) atoms. The molecule has 2 amide bonds. The first-order valence-corrected chi connectivity index (χ1v) is 31.2. The van der Waals surface area contributed by atoms with Crippen molar-refractivity contribution in [3.63, 3.8) is 0 Å². The van der Waals surface area contributed by atoms with Gasteiger partial charge in [0.25, 0.3) is 11.8 Å². The Hall–Kier alpha value is -5.54. The second-order valence-electron chi connectivity index (χ2n) is 21.2. The van der Waals surface area contributed by atoms with Gasteiger partial charge in [-0.2, -0.15) is 0 Å². The molecule has 2 fully saturated rings. The lowest BCUT2D eigenvalue weighted by atomic mass is 10.1. The largest absolute Gasteiger partial charge is 0.408 e. The van der Waals surface area contributed by atoms with Gasteiger partial charge in [-0.3, -0.25) is 37.6 Å². The van der Waals surface area contributed by atoms with Gasteiger partial charge in [0.2, 0.25) is 0 Å². The molecule has 6 heterocycles. The van der Waals surface area contributed by atoms with Crippen LogP contribution in [0.15, 0.2) is 98.1 Å². The van der Waals surface area contributed by atoms with Crippen LogP contribution in [0.2, 0.25) is 36.3 Å². The predicted molar refractivity (Wildman–Crippen MR) is 277 cm³/mol. The van der Waals surface area contributed by atoms with Gasteiger partial charge in [-0.1, -0.05) is 90.1 Å². The van der Waals surface area contributed by atoms with Crippen molar-refractivity contribution in [1.82, 2.24) is 39.0 Å². The summed E-state index contributed by atoms with van der Waals surface area (Å²) in [5, 5.41) is 9.75. The lowest BCUT2D eigenvalue weighted by Crippen LogP contribution is -2.49. The minimum absolute atomic E-state index is 0.0592. The van der Waals surface area contributed by atoms with E-state index in [2.05, 4.69) is 29.9 Å². The van der Waals surface area contributed by atoms with Crippen LogP contribution in [-0.4, -0.2) is 134 Å². The number of carbonyl (C=O) groups is 2. The number of imidazole rings is 2. The average Bonchev–Trinajstić information content (AvgIpc) is 4.13. The van der Waals surface area contributed by atoms with Crippen molar-refractivity contribution in [2.45, 2.75) is 127 Å². The maximum absolute atomic E-state index is 16.6. The number of nitrogens with zero attached hydrogens (tertiary/aromatic N) is 10. The van der Waals surface area contributed by atoms with Gasteiger partial charge >= 0.3 is 8.25 Å². The van der Waals surface area contributed by atoms with Crippen molar-refractivity contribution in [2.75, 3.05) is 29.5 Å². The summed E-state index contributed by atoms with van der Waals surface area (Å²) in [6, 6.07) is 17.0. The quantitative estimate of drug-likeness (QED) is 0.0499. The molecule has 20 nitrogen and oxygen atoms in total. The number of benzene rings is 2. The molecule has 2 N–H and O–H groups in total. The van der Waals surface area contributed by atoms with Gasteiger partial charge in [0.05, 0.1) is 19.3 Å². The van der Waals surface area contributed by atoms with Crippen LogP contribution >= 0.6 is 8.25 Å². The highest BCUT2D eigenvalue weighted by atomic mass is 31.1. The van der Waals surface area contributed by atoms with Gasteiger partial charge in [0.15, 0.2) is 87.8 Å². The number of hydrogen-bond acceptors (Lipinski definition) is 15. The van der Waals surface area contributed by atoms with Crippen LogP contribution in [0.1, 0.15) is 74.7 Å². The topological polar surface area (TPSA) is 231 Å².